The molecule has 1 aromatic heterocycles. The molecule has 7 heteroatoms. The Morgan fingerprint density at radius 2 is 2.10 bits per heavy atom. The van der Waals surface area contributed by atoms with E-state index in [1.165, 1.54) is 12.3 Å². The molecule has 1 aromatic carbocycles. The van der Waals surface area contributed by atoms with Crippen molar-refractivity contribution < 1.29 is 8.78 Å². The Balaban J connectivity index is 2.21. The van der Waals surface area contributed by atoms with E-state index < -0.39 is 17.2 Å². The van der Waals surface area contributed by atoms with Gasteiger partial charge in [-0.25, -0.2) is 13.5 Å². The van der Waals surface area contributed by atoms with Crippen LogP contribution in [-0.4, -0.2) is 22.9 Å². The monoisotopic (exact) mass is 280 g/mol. The molecule has 5 nitrogen and oxygen atoms in total. The van der Waals surface area contributed by atoms with Crippen LogP contribution in [0.1, 0.15) is 5.56 Å². The van der Waals surface area contributed by atoms with E-state index in [0.29, 0.717) is 18.8 Å². The molecule has 0 aliphatic carbocycles. The zero-order valence-corrected chi connectivity index (χ0v) is 10.6. The van der Waals surface area contributed by atoms with Gasteiger partial charge in [-0.2, -0.15) is 5.10 Å². The molecule has 3 N–H and O–H groups in total. The Labute approximate surface area is 114 Å². The quantitative estimate of drug-likeness (QED) is 0.855. The number of halogens is 2. The van der Waals surface area contributed by atoms with Crippen molar-refractivity contribution in [2.45, 2.75) is 6.54 Å². The first-order valence-corrected chi connectivity index (χ1v) is 6.05. The molecule has 0 fully saturated rings. The minimum absolute atomic E-state index is 0.0715. The summed E-state index contributed by atoms with van der Waals surface area (Å²) in [6.07, 6.45) is 1.44. The molecule has 0 radical (unpaired) electrons. The van der Waals surface area contributed by atoms with Crippen LogP contribution in [0.2, 0.25) is 0 Å². The van der Waals surface area contributed by atoms with E-state index in [1.54, 1.807) is 0 Å². The molecule has 2 aromatic rings. The van der Waals surface area contributed by atoms with Crippen LogP contribution in [0.5, 0.6) is 0 Å². The van der Waals surface area contributed by atoms with E-state index in [1.807, 2.05) is 0 Å². The Bertz CT molecular complexity index is 657. The van der Waals surface area contributed by atoms with Crippen molar-refractivity contribution in [2.75, 3.05) is 18.4 Å². The highest BCUT2D eigenvalue weighted by Gasteiger charge is 2.07. The molecule has 0 unspecified atom stereocenters. The van der Waals surface area contributed by atoms with E-state index in [2.05, 4.69) is 10.4 Å². The standard InChI is InChI=1S/C13H14F2N4O/c14-10-1-2-12(15)9(5-10)8-19-13(20)6-11(7-18-19)17-4-3-16/h1-2,5-7,17H,3-4,8,16H2. The molecular formula is C13H14F2N4O. The van der Waals surface area contributed by atoms with Gasteiger partial charge in [-0.15, -0.1) is 0 Å². The Kier molecular flexibility index (Phi) is 4.41. The molecular weight excluding hydrogens is 266 g/mol. The molecule has 0 aliphatic heterocycles. The molecule has 0 amide bonds. The molecule has 0 atom stereocenters. The number of hydrogen-bond acceptors (Lipinski definition) is 4. The minimum atomic E-state index is -0.578. The SMILES string of the molecule is NCCNc1cnn(Cc2cc(F)ccc2F)c(=O)c1. The fourth-order valence-electron chi connectivity index (χ4n) is 1.69. The predicted molar refractivity (Wildman–Crippen MR) is 71.5 cm³/mol. The average Bonchev–Trinajstić information content (AvgIpc) is 2.43. The molecule has 20 heavy (non-hydrogen) atoms. The van der Waals surface area contributed by atoms with Crippen LogP contribution in [-0.2, 0) is 6.54 Å². The molecule has 0 saturated carbocycles. The van der Waals surface area contributed by atoms with E-state index in [9.17, 15) is 13.6 Å². The van der Waals surface area contributed by atoms with Gasteiger partial charge in [0.1, 0.15) is 11.6 Å². The minimum Gasteiger partial charge on any atom is -0.382 e. The number of nitrogens with one attached hydrogen (secondary N) is 1. The number of hydrogen-bond donors (Lipinski definition) is 2. The number of benzene rings is 1. The Morgan fingerprint density at radius 1 is 1.30 bits per heavy atom. The number of nitrogens with two attached hydrogens (primary N) is 1. The molecule has 0 spiro atoms. The fraction of sp³-hybridized carbons (Fsp3) is 0.231. The van der Waals surface area contributed by atoms with Gasteiger partial charge in [-0.05, 0) is 18.2 Å². The summed E-state index contributed by atoms with van der Waals surface area (Å²) in [5.41, 5.74) is 5.54. The summed E-state index contributed by atoms with van der Waals surface area (Å²) in [6, 6.07) is 4.42. The third-order valence-corrected chi connectivity index (χ3v) is 2.67. The molecule has 2 rings (SSSR count). The van der Waals surface area contributed by atoms with Crippen LogP contribution >= 0.6 is 0 Å². The first-order valence-electron chi connectivity index (χ1n) is 6.05. The van der Waals surface area contributed by atoms with Gasteiger partial charge >= 0.3 is 0 Å². The molecule has 106 valence electrons. The second-order valence-corrected chi connectivity index (χ2v) is 4.19. The third kappa shape index (κ3) is 3.39. The average molecular weight is 280 g/mol. The van der Waals surface area contributed by atoms with Crippen LogP contribution in [0.4, 0.5) is 14.5 Å². The lowest BCUT2D eigenvalue weighted by Gasteiger charge is -2.08. The summed E-state index contributed by atoms with van der Waals surface area (Å²) in [7, 11) is 0. The lowest BCUT2D eigenvalue weighted by atomic mass is 10.2. The highest BCUT2D eigenvalue weighted by atomic mass is 19.1. The zero-order valence-electron chi connectivity index (χ0n) is 10.6. The number of nitrogens with zero attached hydrogens (tertiary/aromatic N) is 2. The topological polar surface area (TPSA) is 72.9 Å². The summed E-state index contributed by atoms with van der Waals surface area (Å²) < 4.78 is 27.6. The van der Waals surface area contributed by atoms with Gasteiger partial charge in [0.2, 0.25) is 0 Å². The maximum atomic E-state index is 13.5. The molecule has 0 saturated heterocycles. The van der Waals surface area contributed by atoms with Crippen molar-refractivity contribution in [3.8, 4) is 0 Å². The smallest absolute Gasteiger partial charge is 0.269 e. The summed E-state index contributed by atoms with van der Waals surface area (Å²) in [4.78, 5) is 11.8. The third-order valence-electron chi connectivity index (χ3n) is 2.67. The van der Waals surface area contributed by atoms with E-state index >= 15 is 0 Å². The van der Waals surface area contributed by atoms with Gasteiger partial charge in [-0.3, -0.25) is 4.79 Å². The number of aromatic nitrogens is 2. The highest BCUT2D eigenvalue weighted by molar-refractivity contribution is 5.38. The van der Waals surface area contributed by atoms with Gasteiger partial charge in [0.15, 0.2) is 0 Å². The van der Waals surface area contributed by atoms with E-state index in [4.69, 9.17) is 5.73 Å². The lowest BCUT2D eigenvalue weighted by Crippen LogP contribution is -2.24. The second-order valence-electron chi connectivity index (χ2n) is 4.19. The normalized spacial score (nSPS) is 10.6. The van der Waals surface area contributed by atoms with E-state index in [-0.39, 0.29) is 12.1 Å². The van der Waals surface area contributed by atoms with Crippen molar-refractivity contribution in [3.63, 3.8) is 0 Å². The van der Waals surface area contributed by atoms with Crippen LogP contribution in [0.3, 0.4) is 0 Å². The van der Waals surface area contributed by atoms with Crippen LogP contribution in [0.15, 0.2) is 35.3 Å². The van der Waals surface area contributed by atoms with Crippen LogP contribution in [0, 0.1) is 11.6 Å². The van der Waals surface area contributed by atoms with Crippen molar-refractivity contribution in [3.05, 3.63) is 58.0 Å². The maximum Gasteiger partial charge on any atom is 0.269 e. The predicted octanol–water partition coefficient (Wildman–Crippen LogP) is 0.940. The van der Waals surface area contributed by atoms with Crippen molar-refractivity contribution in [2.24, 2.45) is 5.73 Å². The highest BCUT2D eigenvalue weighted by Crippen LogP contribution is 2.10. The number of anilines is 1. The fourth-order valence-corrected chi connectivity index (χ4v) is 1.69. The summed E-state index contributed by atoms with van der Waals surface area (Å²) in [5, 5.41) is 6.82. The molecule has 1 heterocycles. The Morgan fingerprint density at radius 3 is 2.80 bits per heavy atom. The summed E-state index contributed by atoms with van der Waals surface area (Å²) in [6.45, 7) is 0.820. The lowest BCUT2D eigenvalue weighted by molar-refractivity contribution is 0.557. The Hall–Kier alpha value is -2.28. The number of rotatable bonds is 5. The van der Waals surface area contributed by atoms with Gasteiger partial charge < -0.3 is 11.1 Å². The molecule has 0 bridgehead atoms. The summed E-state index contributed by atoms with van der Waals surface area (Å²) in [5.74, 6) is -1.14. The first kappa shape index (κ1) is 14.1. The van der Waals surface area contributed by atoms with Crippen molar-refractivity contribution >= 4 is 5.69 Å². The van der Waals surface area contributed by atoms with E-state index in [0.717, 1.165) is 22.9 Å². The van der Waals surface area contributed by atoms with Crippen molar-refractivity contribution in [1.29, 1.82) is 0 Å². The van der Waals surface area contributed by atoms with Gasteiger partial charge in [-0.1, -0.05) is 0 Å². The van der Waals surface area contributed by atoms with Crippen LogP contribution in [0.25, 0.3) is 0 Å². The van der Waals surface area contributed by atoms with Crippen molar-refractivity contribution in [1.82, 2.24) is 9.78 Å². The maximum absolute atomic E-state index is 13.5. The molecule has 0 aliphatic rings. The van der Waals surface area contributed by atoms with Gasteiger partial charge in [0, 0.05) is 24.7 Å². The summed E-state index contributed by atoms with van der Waals surface area (Å²) >= 11 is 0. The largest absolute Gasteiger partial charge is 0.382 e. The van der Waals surface area contributed by atoms with Crippen LogP contribution < -0.4 is 16.6 Å². The van der Waals surface area contributed by atoms with Gasteiger partial charge in [0.25, 0.3) is 5.56 Å². The van der Waals surface area contributed by atoms with Gasteiger partial charge in [0.05, 0.1) is 18.4 Å². The zero-order chi connectivity index (χ0) is 14.5. The first-order chi connectivity index (χ1) is 9.60. The second kappa shape index (κ2) is 6.25.